The molecule has 0 N–H and O–H groups in total. The molecule has 0 radical (unpaired) electrons. The normalized spacial score (nSPS) is 10.9. The van der Waals surface area contributed by atoms with Crippen LogP contribution < -0.4 is 4.74 Å². The number of rotatable bonds is 13. The fourth-order valence-electron chi connectivity index (χ4n) is 4.18. The molecule has 0 atom stereocenters. The average molecular weight is 415 g/mol. The second-order valence-electron chi connectivity index (χ2n) is 8.45. The fraction of sp³-hybridized carbons (Fsp3) is 0.400. The van der Waals surface area contributed by atoms with Crippen molar-refractivity contribution < 1.29 is 4.74 Å². The summed E-state index contributed by atoms with van der Waals surface area (Å²) in [5.74, 6) is 1.01. The molecule has 0 saturated carbocycles. The number of benzene rings is 3. The monoisotopic (exact) mass is 414 g/mol. The molecule has 0 aromatic heterocycles. The first-order chi connectivity index (χ1) is 15.3. The maximum Gasteiger partial charge on any atom is 0.119 e. The molecule has 1 nitrogen and oxygen atoms in total. The molecular weight excluding hydrogens is 376 g/mol. The van der Waals surface area contributed by atoms with E-state index in [1.807, 2.05) is 0 Å². The molecule has 0 unspecified atom stereocenters. The molecule has 0 bridgehead atoms. The average Bonchev–Trinajstić information content (AvgIpc) is 2.82. The van der Waals surface area contributed by atoms with Gasteiger partial charge in [-0.2, -0.15) is 0 Å². The lowest BCUT2D eigenvalue weighted by Gasteiger charge is -2.16. The van der Waals surface area contributed by atoms with Gasteiger partial charge in [-0.25, -0.2) is 0 Å². The molecule has 31 heavy (non-hydrogen) atoms. The zero-order chi connectivity index (χ0) is 21.7. The van der Waals surface area contributed by atoms with E-state index in [-0.39, 0.29) is 0 Å². The van der Waals surface area contributed by atoms with Crippen molar-refractivity contribution in [2.24, 2.45) is 0 Å². The lowest BCUT2D eigenvalue weighted by atomic mass is 9.90. The van der Waals surface area contributed by atoms with Crippen LogP contribution in [0.4, 0.5) is 0 Å². The van der Waals surface area contributed by atoms with E-state index in [2.05, 4.69) is 86.6 Å². The van der Waals surface area contributed by atoms with Crippen LogP contribution in [0.2, 0.25) is 0 Å². The third-order valence-corrected chi connectivity index (χ3v) is 5.95. The van der Waals surface area contributed by atoms with E-state index in [1.165, 1.54) is 72.8 Å². The van der Waals surface area contributed by atoms with E-state index in [1.54, 1.807) is 0 Å². The fourth-order valence-corrected chi connectivity index (χ4v) is 4.18. The maximum atomic E-state index is 6.10. The van der Waals surface area contributed by atoms with Crippen molar-refractivity contribution in [3.8, 4) is 28.0 Å². The summed E-state index contributed by atoms with van der Waals surface area (Å²) in [6, 6.07) is 26.3. The van der Waals surface area contributed by atoms with Gasteiger partial charge in [0.25, 0.3) is 0 Å². The van der Waals surface area contributed by atoms with Crippen molar-refractivity contribution in [2.75, 3.05) is 6.61 Å². The van der Waals surface area contributed by atoms with Crippen molar-refractivity contribution >= 4 is 0 Å². The predicted molar refractivity (Wildman–Crippen MR) is 135 cm³/mol. The molecule has 0 spiro atoms. The summed E-state index contributed by atoms with van der Waals surface area (Å²) in [4.78, 5) is 0. The molecule has 3 aromatic carbocycles. The van der Waals surface area contributed by atoms with Crippen LogP contribution in [0.25, 0.3) is 22.3 Å². The zero-order valence-corrected chi connectivity index (χ0v) is 19.4. The second kappa shape index (κ2) is 13.0. The van der Waals surface area contributed by atoms with Crippen LogP contribution in [0.15, 0.2) is 72.8 Å². The highest BCUT2D eigenvalue weighted by atomic mass is 16.5. The molecule has 0 amide bonds. The van der Waals surface area contributed by atoms with Gasteiger partial charge in [-0.15, -0.1) is 0 Å². The van der Waals surface area contributed by atoms with Gasteiger partial charge in [-0.05, 0) is 59.2 Å². The third-order valence-electron chi connectivity index (χ3n) is 5.95. The van der Waals surface area contributed by atoms with E-state index in [9.17, 15) is 0 Å². The van der Waals surface area contributed by atoms with Crippen LogP contribution in [-0.2, 0) is 6.42 Å². The molecule has 1 heteroatoms. The molecule has 0 heterocycles. The highest BCUT2D eigenvalue weighted by Crippen LogP contribution is 2.36. The van der Waals surface area contributed by atoms with Crippen LogP contribution in [0.3, 0.4) is 0 Å². The molecule has 0 aliphatic rings. The van der Waals surface area contributed by atoms with E-state index >= 15 is 0 Å². The summed E-state index contributed by atoms with van der Waals surface area (Å²) < 4.78 is 6.10. The van der Waals surface area contributed by atoms with Gasteiger partial charge in [-0.3, -0.25) is 0 Å². The molecular formula is C30H38O. The number of hydrogen-bond acceptors (Lipinski definition) is 1. The lowest BCUT2D eigenvalue weighted by molar-refractivity contribution is 0.306. The van der Waals surface area contributed by atoms with Gasteiger partial charge >= 0.3 is 0 Å². The summed E-state index contributed by atoms with van der Waals surface area (Å²) in [5.41, 5.74) is 6.64. The quantitative estimate of drug-likeness (QED) is 0.253. The first-order valence-corrected chi connectivity index (χ1v) is 12.2. The van der Waals surface area contributed by atoms with E-state index in [0.29, 0.717) is 0 Å². The summed E-state index contributed by atoms with van der Waals surface area (Å²) >= 11 is 0. The minimum absolute atomic E-state index is 0.809. The molecule has 3 rings (SSSR count). The van der Waals surface area contributed by atoms with Crippen LogP contribution in [0.1, 0.15) is 70.8 Å². The maximum absolute atomic E-state index is 6.10. The Kier molecular flexibility index (Phi) is 9.70. The predicted octanol–water partition coefficient (Wildman–Crippen LogP) is 9.10. The summed E-state index contributed by atoms with van der Waals surface area (Å²) in [6.45, 7) is 5.32. The van der Waals surface area contributed by atoms with Crippen LogP contribution in [-0.4, -0.2) is 6.61 Å². The van der Waals surface area contributed by atoms with Crippen LogP contribution in [0.5, 0.6) is 5.75 Å². The van der Waals surface area contributed by atoms with Crippen molar-refractivity contribution in [2.45, 2.75) is 71.6 Å². The number of unbranched alkanes of at least 4 members (excludes halogenated alkanes) is 6. The minimum Gasteiger partial charge on any atom is -0.494 e. The van der Waals surface area contributed by atoms with E-state index < -0.39 is 0 Å². The van der Waals surface area contributed by atoms with Gasteiger partial charge in [0, 0.05) is 0 Å². The van der Waals surface area contributed by atoms with Gasteiger partial charge < -0.3 is 4.74 Å². The molecule has 3 aromatic rings. The Morgan fingerprint density at radius 2 is 1.26 bits per heavy atom. The Bertz CT molecular complexity index is 897. The van der Waals surface area contributed by atoms with Crippen molar-refractivity contribution in [1.29, 1.82) is 0 Å². The molecule has 0 saturated heterocycles. The summed E-state index contributed by atoms with van der Waals surface area (Å²) in [5, 5.41) is 0. The van der Waals surface area contributed by atoms with E-state index in [0.717, 1.165) is 25.2 Å². The number of hydrogen-bond donors (Lipinski definition) is 0. The molecule has 0 fully saturated rings. The summed E-state index contributed by atoms with van der Waals surface area (Å²) in [7, 11) is 0. The van der Waals surface area contributed by atoms with Crippen molar-refractivity contribution in [3.63, 3.8) is 0 Å². The van der Waals surface area contributed by atoms with Crippen LogP contribution >= 0.6 is 0 Å². The smallest absolute Gasteiger partial charge is 0.119 e. The Balaban J connectivity index is 1.88. The highest BCUT2D eigenvalue weighted by Gasteiger charge is 2.12. The Morgan fingerprint density at radius 1 is 0.581 bits per heavy atom. The third kappa shape index (κ3) is 6.99. The van der Waals surface area contributed by atoms with Crippen LogP contribution in [0, 0.1) is 0 Å². The Labute approximate surface area is 189 Å². The Morgan fingerprint density at radius 3 is 2.03 bits per heavy atom. The van der Waals surface area contributed by atoms with E-state index in [4.69, 9.17) is 4.74 Å². The first-order valence-electron chi connectivity index (χ1n) is 12.2. The topological polar surface area (TPSA) is 9.23 Å². The van der Waals surface area contributed by atoms with Crippen molar-refractivity contribution in [3.05, 3.63) is 78.4 Å². The zero-order valence-electron chi connectivity index (χ0n) is 19.4. The van der Waals surface area contributed by atoms with Gasteiger partial charge in [0.15, 0.2) is 0 Å². The Hall–Kier alpha value is -2.54. The van der Waals surface area contributed by atoms with Gasteiger partial charge in [0.1, 0.15) is 5.75 Å². The first kappa shape index (κ1) is 23.1. The highest BCUT2D eigenvalue weighted by molar-refractivity contribution is 5.85. The minimum atomic E-state index is 0.809. The van der Waals surface area contributed by atoms with Gasteiger partial charge in [-0.1, -0.05) is 113 Å². The molecule has 0 aliphatic heterocycles. The standard InChI is InChI=1S/C30H38O/c1-3-5-7-8-10-18-26-24-27(31-23-15-6-4-2)21-22-29(26)30-20-14-13-19-28(30)25-16-11-9-12-17-25/h9,11-14,16-17,19-22,24H,3-8,10,15,18,23H2,1-2H3. The van der Waals surface area contributed by atoms with Crippen molar-refractivity contribution in [1.82, 2.24) is 0 Å². The molecule has 164 valence electrons. The SMILES string of the molecule is CCCCCCCc1cc(OCCCCC)ccc1-c1ccccc1-c1ccccc1. The lowest BCUT2D eigenvalue weighted by Crippen LogP contribution is -1.99. The van der Waals surface area contributed by atoms with Gasteiger partial charge in [0.05, 0.1) is 6.61 Å². The second-order valence-corrected chi connectivity index (χ2v) is 8.45. The molecule has 0 aliphatic carbocycles. The number of aryl methyl sites for hydroxylation is 1. The summed E-state index contributed by atoms with van der Waals surface area (Å²) in [6.07, 6.45) is 11.2. The van der Waals surface area contributed by atoms with Gasteiger partial charge in [0.2, 0.25) is 0 Å². The largest absolute Gasteiger partial charge is 0.494 e. The number of ether oxygens (including phenoxy) is 1.